The molecule has 0 aliphatic rings. The second-order valence-corrected chi connectivity index (χ2v) is 2.82. The van der Waals surface area contributed by atoms with E-state index in [1.165, 1.54) is 7.11 Å². The van der Waals surface area contributed by atoms with Crippen molar-refractivity contribution in [1.82, 2.24) is 10.3 Å². The van der Waals surface area contributed by atoms with Crippen LogP contribution < -0.4 is 10.1 Å². The Labute approximate surface area is 83.3 Å². The molecule has 0 fully saturated rings. The fourth-order valence-corrected chi connectivity index (χ4v) is 0.984. The Hall–Kier alpha value is -1.58. The highest BCUT2D eigenvalue weighted by Crippen LogP contribution is 2.06. The second kappa shape index (κ2) is 5.21. The van der Waals surface area contributed by atoms with Crippen molar-refractivity contribution >= 4 is 5.91 Å². The number of methoxy groups -OCH3 is 1. The number of rotatable bonds is 4. The lowest BCUT2D eigenvalue weighted by Crippen LogP contribution is -2.24. The molecule has 0 aliphatic carbocycles. The van der Waals surface area contributed by atoms with Crippen LogP contribution in [0.1, 0.15) is 23.8 Å². The summed E-state index contributed by atoms with van der Waals surface area (Å²) in [6, 6.07) is 5.11. The fraction of sp³-hybridized carbons (Fsp3) is 0.400. The molecule has 0 unspecified atom stereocenters. The van der Waals surface area contributed by atoms with Gasteiger partial charge in [-0.15, -0.1) is 0 Å². The first-order valence-electron chi connectivity index (χ1n) is 4.57. The van der Waals surface area contributed by atoms with Crippen LogP contribution in [0.2, 0.25) is 0 Å². The van der Waals surface area contributed by atoms with Crippen LogP contribution in [-0.4, -0.2) is 24.5 Å². The molecule has 0 aliphatic heterocycles. The molecule has 76 valence electrons. The third kappa shape index (κ3) is 2.73. The van der Waals surface area contributed by atoms with E-state index in [1.807, 2.05) is 6.92 Å². The SMILES string of the molecule is CCCNC(=O)c1cccc(OC)n1. The van der Waals surface area contributed by atoms with Crippen LogP contribution in [0, 0.1) is 0 Å². The van der Waals surface area contributed by atoms with Crippen LogP contribution in [-0.2, 0) is 0 Å². The van der Waals surface area contributed by atoms with Gasteiger partial charge in [0.15, 0.2) is 0 Å². The van der Waals surface area contributed by atoms with Crippen molar-refractivity contribution in [3.8, 4) is 5.88 Å². The zero-order valence-corrected chi connectivity index (χ0v) is 8.41. The number of carbonyl (C=O) groups is 1. The zero-order chi connectivity index (χ0) is 10.4. The molecule has 0 saturated carbocycles. The van der Waals surface area contributed by atoms with Gasteiger partial charge in [0.25, 0.3) is 5.91 Å². The van der Waals surface area contributed by atoms with Crippen molar-refractivity contribution in [2.45, 2.75) is 13.3 Å². The van der Waals surface area contributed by atoms with Gasteiger partial charge in [-0.1, -0.05) is 13.0 Å². The van der Waals surface area contributed by atoms with Crippen LogP contribution in [0.3, 0.4) is 0 Å². The monoisotopic (exact) mass is 194 g/mol. The quantitative estimate of drug-likeness (QED) is 0.784. The van der Waals surface area contributed by atoms with Gasteiger partial charge in [0.2, 0.25) is 5.88 Å². The number of nitrogens with zero attached hydrogens (tertiary/aromatic N) is 1. The lowest BCUT2D eigenvalue weighted by Gasteiger charge is -2.03. The van der Waals surface area contributed by atoms with Gasteiger partial charge < -0.3 is 10.1 Å². The van der Waals surface area contributed by atoms with Crippen molar-refractivity contribution < 1.29 is 9.53 Å². The average molecular weight is 194 g/mol. The summed E-state index contributed by atoms with van der Waals surface area (Å²) in [5.41, 5.74) is 0.387. The molecule has 0 saturated heterocycles. The summed E-state index contributed by atoms with van der Waals surface area (Å²) in [6.45, 7) is 2.66. The normalized spacial score (nSPS) is 9.57. The van der Waals surface area contributed by atoms with Gasteiger partial charge in [-0.2, -0.15) is 0 Å². The van der Waals surface area contributed by atoms with E-state index < -0.39 is 0 Å². The summed E-state index contributed by atoms with van der Waals surface area (Å²) < 4.78 is 4.92. The first-order chi connectivity index (χ1) is 6.77. The topological polar surface area (TPSA) is 51.2 Å². The number of aromatic nitrogens is 1. The summed E-state index contributed by atoms with van der Waals surface area (Å²) in [5, 5.41) is 2.74. The van der Waals surface area contributed by atoms with Crippen LogP contribution in [0.25, 0.3) is 0 Å². The molecule has 0 radical (unpaired) electrons. The first kappa shape index (κ1) is 10.5. The lowest BCUT2D eigenvalue weighted by molar-refractivity contribution is 0.0948. The molecule has 1 heterocycles. The predicted octanol–water partition coefficient (Wildman–Crippen LogP) is 1.23. The molecule has 4 heteroatoms. The second-order valence-electron chi connectivity index (χ2n) is 2.82. The Morgan fingerprint density at radius 2 is 2.36 bits per heavy atom. The van der Waals surface area contributed by atoms with Crippen LogP contribution >= 0.6 is 0 Å². The maximum absolute atomic E-state index is 11.4. The molecule has 0 bridgehead atoms. The summed E-state index contributed by atoms with van der Waals surface area (Å²) >= 11 is 0. The minimum atomic E-state index is -0.161. The minimum Gasteiger partial charge on any atom is -0.481 e. The summed E-state index contributed by atoms with van der Waals surface area (Å²) in [4.78, 5) is 15.5. The molecule has 0 atom stereocenters. The predicted molar refractivity (Wildman–Crippen MR) is 53.4 cm³/mol. The zero-order valence-electron chi connectivity index (χ0n) is 8.41. The van der Waals surface area contributed by atoms with E-state index in [1.54, 1.807) is 18.2 Å². The van der Waals surface area contributed by atoms with Gasteiger partial charge in [0, 0.05) is 12.6 Å². The number of ether oxygens (including phenoxy) is 1. The van der Waals surface area contributed by atoms with Gasteiger partial charge in [-0.25, -0.2) is 4.98 Å². The van der Waals surface area contributed by atoms with Crippen molar-refractivity contribution in [1.29, 1.82) is 0 Å². The molecule has 14 heavy (non-hydrogen) atoms. The van der Waals surface area contributed by atoms with Gasteiger partial charge in [0.05, 0.1) is 7.11 Å². The Bertz CT molecular complexity index is 313. The van der Waals surface area contributed by atoms with Crippen molar-refractivity contribution in [3.05, 3.63) is 23.9 Å². The molecular formula is C10H14N2O2. The molecule has 1 aromatic rings. The highest BCUT2D eigenvalue weighted by molar-refractivity contribution is 5.92. The summed E-state index contributed by atoms with van der Waals surface area (Å²) in [6.07, 6.45) is 0.912. The summed E-state index contributed by atoms with van der Waals surface area (Å²) in [5.74, 6) is 0.292. The number of nitrogens with one attached hydrogen (secondary N) is 1. The van der Waals surface area contributed by atoms with Gasteiger partial charge in [-0.3, -0.25) is 4.79 Å². The maximum atomic E-state index is 11.4. The number of amides is 1. The summed E-state index contributed by atoms with van der Waals surface area (Å²) in [7, 11) is 1.52. The van der Waals surface area contributed by atoms with Crippen LogP contribution in [0.4, 0.5) is 0 Å². The van der Waals surface area contributed by atoms with E-state index in [-0.39, 0.29) is 5.91 Å². The molecule has 0 spiro atoms. The van der Waals surface area contributed by atoms with E-state index in [9.17, 15) is 4.79 Å². The van der Waals surface area contributed by atoms with Crippen molar-refractivity contribution in [2.75, 3.05) is 13.7 Å². The third-order valence-corrected chi connectivity index (χ3v) is 1.70. The molecule has 1 rings (SSSR count). The van der Waals surface area contributed by atoms with Crippen molar-refractivity contribution in [2.24, 2.45) is 0 Å². The Morgan fingerprint density at radius 3 is 3.00 bits per heavy atom. The van der Waals surface area contributed by atoms with E-state index in [0.29, 0.717) is 18.1 Å². The lowest BCUT2D eigenvalue weighted by atomic mass is 10.3. The largest absolute Gasteiger partial charge is 0.481 e. The molecular weight excluding hydrogens is 180 g/mol. The molecule has 1 N–H and O–H groups in total. The number of hydrogen-bond acceptors (Lipinski definition) is 3. The number of pyridine rings is 1. The minimum absolute atomic E-state index is 0.161. The highest BCUT2D eigenvalue weighted by Gasteiger charge is 2.06. The van der Waals surface area contributed by atoms with Crippen LogP contribution in [0.15, 0.2) is 18.2 Å². The molecule has 0 aromatic carbocycles. The average Bonchev–Trinajstić information content (AvgIpc) is 2.26. The standard InChI is InChI=1S/C10H14N2O2/c1-3-7-11-10(13)8-5-4-6-9(12-8)14-2/h4-6H,3,7H2,1-2H3,(H,11,13). The Morgan fingerprint density at radius 1 is 1.57 bits per heavy atom. The molecule has 1 amide bonds. The van der Waals surface area contributed by atoms with Crippen LogP contribution in [0.5, 0.6) is 5.88 Å². The van der Waals surface area contributed by atoms with E-state index in [2.05, 4.69) is 10.3 Å². The van der Waals surface area contributed by atoms with Gasteiger partial charge in [-0.05, 0) is 12.5 Å². The molecule has 1 aromatic heterocycles. The van der Waals surface area contributed by atoms with E-state index in [4.69, 9.17) is 4.74 Å². The van der Waals surface area contributed by atoms with E-state index >= 15 is 0 Å². The third-order valence-electron chi connectivity index (χ3n) is 1.70. The van der Waals surface area contributed by atoms with Crippen molar-refractivity contribution in [3.63, 3.8) is 0 Å². The number of carbonyl (C=O) groups excluding carboxylic acids is 1. The smallest absolute Gasteiger partial charge is 0.270 e. The Kier molecular flexibility index (Phi) is 3.91. The van der Waals surface area contributed by atoms with Gasteiger partial charge in [0.1, 0.15) is 5.69 Å². The maximum Gasteiger partial charge on any atom is 0.270 e. The van der Waals surface area contributed by atoms with E-state index in [0.717, 1.165) is 6.42 Å². The Balaban J connectivity index is 2.69. The highest BCUT2D eigenvalue weighted by atomic mass is 16.5. The van der Waals surface area contributed by atoms with Gasteiger partial charge >= 0.3 is 0 Å². The number of hydrogen-bond donors (Lipinski definition) is 1. The first-order valence-corrected chi connectivity index (χ1v) is 4.57. The fourth-order valence-electron chi connectivity index (χ4n) is 0.984. The molecule has 4 nitrogen and oxygen atoms in total.